The molecule has 4 nitrogen and oxygen atoms in total. The maximum absolute atomic E-state index is 11.9. The largest absolute Gasteiger partial charge is 0.307 e. The zero-order valence-electron chi connectivity index (χ0n) is 13.3. The van der Waals surface area contributed by atoms with Crippen molar-refractivity contribution < 1.29 is 8.42 Å². The first-order chi connectivity index (χ1) is 9.83. The Morgan fingerprint density at radius 2 is 2.00 bits per heavy atom. The SMILES string of the molecule is CCS(=O)(=O)N1CCC(NC(C)c2cc(C)sc2C)CC1. The van der Waals surface area contributed by atoms with Crippen LogP contribution in [-0.2, 0) is 10.0 Å². The fourth-order valence-electron chi connectivity index (χ4n) is 3.01. The summed E-state index contributed by atoms with van der Waals surface area (Å²) in [5.74, 6) is 0.203. The Morgan fingerprint density at radius 3 is 2.48 bits per heavy atom. The smallest absolute Gasteiger partial charge is 0.213 e. The van der Waals surface area contributed by atoms with Crippen LogP contribution in [0.2, 0.25) is 0 Å². The lowest BCUT2D eigenvalue weighted by Crippen LogP contribution is -2.45. The van der Waals surface area contributed by atoms with E-state index in [-0.39, 0.29) is 5.75 Å². The molecule has 2 rings (SSSR count). The summed E-state index contributed by atoms with van der Waals surface area (Å²) in [5.41, 5.74) is 1.38. The molecule has 0 bridgehead atoms. The Morgan fingerprint density at radius 1 is 1.38 bits per heavy atom. The third-order valence-electron chi connectivity index (χ3n) is 4.24. The molecule has 1 N–H and O–H groups in total. The van der Waals surface area contributed by atoms with Crippen LogP contribution in [0.5, 0.6) is 0 Å². The molecule has 0 aliphatic carbocycles. The van der Waals surface area contributed by atoms with E-state index in [1.165, 1.54) is 15.3 Å². The molecule has 0 saturated carbocycles. The first-order valence-corrected chi connectivity index (χ1v) is 10.1. The average molecular weight is 331 g/mol. The van der Waals surface area contributed by atoms with Crippen LogP contribution >= 0.6 is 11.3 Å². The number of nitrogens with one attached hydrogen (secondary N) is 1. The van der Waals surface area contributed by atoms with Gasteiger partial charge >= 0.3 is 0 Å². The third-order valence-corrected chi connectivity index (χ3v) is 7.11. The molecule has 1 unspecified atom stereocenters. The molecule has 0 radical (unpaired) electrons. The minimum atomic E-state index is -3.02. The summed E-state index contributed by atoms with van der Waals surface area (Å²) in [4.78, 5) is 2.72. The number of sulfonamides is 1. The van der Waals surface area contributed by atoms with Gasteiger partial charge in [0.2, 0.25) is 10.0 Å². The lowest BCUT2D eigenvalue weighted by molar-refractivity contribution is 0.277. The molecular formula is C15H26N2O2S2. The van der Waals surface area contributed by atoms with Gasteiger partial charge in [0.05, 0.1) is 5.75 Å². The predicted octanol–water partition coefficient (Wildman–Crippen LogP) is 2.83. The van der Waals surface area contributed by atoms with Gasteiger partial charge in [0, 0.05) is 34.9 Å². The molecule has 1 aromatic rings. The normalized spacial score (nSPS) is 19.8. The van der Waals surface area contributed by atoms with E-state index < -0.39 is 10.0 Å². The van der Waals surface area contributed by atoms with Gasteiger partial charge in [-0.3, -0.25) is 0 Å². The van der Waals surface area contributed by atoms with Crippen molar-refractivity contribution in [3.8, 4) is 0 Å². The van der Waals surface area contributed by atoms with Gasteiger partial charge in [-0.2, -0.15) is 0 Å². The van der Waals surface area contributed by atoms with E-state index in [2.05, 4.69) is 32.2 Å². The first-order valence-electron chi connectivity index (χ1n) is 7.64. The summed E-state index contributed by atoms with van der Waals surface area (Å²) in [6.07, 6.45) is 1.79. The highest BCUT2D eigenvalue weighted by Crippen LogP contribution is 2.27. The average Bonchev–Trinajstić information content (AvgIpc) is 2.78. The Kier molecular flexibility index (Phi) is 5.46. The van der Waals surface area contributed by atoms with Gasteiger partial charge < -0.3 is 5.32 Å². The zero-order chi connectivity index (χ0) is 15.6. The van der Waals surface area contributed by atoms with Crippen molar-refractivity contribution in [2.75, 3.05) is 18.8 Å². The van der Waals surface area contributed by atoms with Crippen molar-refractivity contribution >= 4 is 21.4 Å². The summed E-state index contributed by atoms with van der Waals surface area (Å²) < 4.78 is 25.4. The number of aryl methyl sites for hydroxylation is 2. The molecule has 120 valence electrons. The monoisotopic (exact) mass is 330 g/mol. The van der Waals surface area contributed by atoms with Crippen molar-refractivity contribution in [1.82, 2.24) is 9.62 Å². The van der Waals surface area contributed by atoms with Gasteiger partial charge in [0.1, 0.15) is 0 Å². The molecule has 0 spiro atoms. The number of hydrogen-bond donors (Lipinski definition) is 1. The number of nitrogens with zero attached hydrogens (tertiary/aromatic N) is 1. The van der Waals surface area contributed by atoms with Crippen molar-refractivity contribution in [1.29, 1.82) is 0 Å². The maximum Gasteiger partial charge on any atom is 0.213 e. The standard InChI is InChI=1S/C15H26N2O2S2/c1-5-21(18,19)17-8-6-14(7-9-17)16-12(3)15-10-11(2)20-13(15)4/h10,12,14,16H,5-9H2,1-4H3. The zero-order valence-corrected chi connectivity index (χ0v) is 15.0. The molecule has 0 aromatic carbocycles. The fraction of sp³-hybridized carbons (Fsp3) is 0.733. The van der Waals surface area contributed by atoms with Crippen LogP contribution in [0.1, 0.15) is 48.0 Å². The minimum Gasteiger partial charge on any atom is -0.307 e. The number of hydrogen-bond acceptors (Lipinski definition) is 4. The molecule has 2 heterocycles. The quantitative estimate of drug-likeness (QED) is 0.903. The Labute approximate surface area is 132 Å². The summed E-state index contributed by atoms with van der Waals surface area (Å²) >= 11 is 1.84. The summed E-state index contributed by atoms with van der Waals surface area (Å²) in [6.45, 7) is 9.50. The topological polar surface area (TPSA) is 49.4 Å². The van der Waals surface area contributed by atoms with Gasteiger partial charge in [-0.25, -0.2) is 12.7 Å². The molecule has 6 heteroatoms. The summed E-state index contributed by atoms with van der Waals surface area (Å²) in [7, 11) is -3.02. The van der Waals surface area contributed by atoms with Crippen LogP contribution in [0, 0.1) is 13.8 Å². The second kappa shape index (κ2) is 6.77. The fourth-order valence-corrected chi connectivity index (χ4v) is 5.16. The molecule has 1 aromatic heterocycles. The summed E-state index contributed by atoms with van der Waals surface area (Å²) in [6, 6.07) is 2.99. The molecule has 0 amide bonds. The number of piperidine rings is 1. The van der Waals surface area contributed by atoms with Crippen molar-refractivity contribution in [3.63, 3.8) is 0 Å². The van der Waals surface area contributed by atoms with Gasteiger partial charge in [-0.1, -0.05) is 0 Å². The molecular weight excluding hydrogens is 304 g/mol. The minimum absolute atomic E-state index is 0.203. The predicted molar refractivity (Wildman–Crippen MR) is 89.4 cm³/mol. The highest BCUT2D eigenvalue weighted by molar-refractivity contribution is 7.89. The Bertz CT molecular complexity index is 572. The first kappa shape index (κ1) is 16.9. The van der Waals surface area contributed by atoms with Crippen LogP contribution in [0.25, 0.3) is 0 Å². The molecule has 1 aliphatic heterocycles. The Hall–Kier alpha value is -0.430. The lowest BCUT2D eigenvalue weighted by atomic mass is 10.0. The number of rotatable bonds is 5. The van der Waals surface area contributed by atoms with Crippen LogP contribution in [0.4, 0.5) is 0 Å². The third kappa shape index (κ3) is 4.06. The second-order valence-electron chi connectivity index (χ2n) is 5.83. The van der Waals surface area contributed by atoms with Crippen LogP contribution in [0.3, 0.4) is 0 Å². The van der Waals surface area contributed by atoms with Crippen LogP contribution < -0.4 is 5.32 Å². The maximum atomic E-state index is 11.9. The van der Waals surface area contributed by atoms with Crippen molar-refractivity contribution in [2.45, 2.75) is 52.6 Å². The van der Waals surface area contributed by atoms with E-state index in [0.717, 1.165) is 12.8 Å². The van der Waals surface area contributed by atoms with Crippen LogP contribution in [-0.4, -0.2) is 37.6 Å². The molecule has 1 atom stereocenters. The second-order valence-corrected chi connectivity index (χ2v) is 9.55. The molecule has 21 heavy (non-hydrogen) atoms. The molecule has 1 saturated heterocycles. The van der Waals surface area contributed by atoms with Crippen LogP contribution in [0.15, 0.2) is 6.07 Å². The van der Waals surface area contributed by atoms with E-state index in [1.807, 2.05) is 11.3 Å². The number of thiophene rings is 1. The molecule has 1 fully saturated rings. The summed E-state index contributed by atoms with van der Waals surface area (Å²) in [5, 5.41) is 3.66. The van der Waals surface area contributed by atoms with E-state index in [4.69, 9.17) is 0 Å². The van der Waals surface area contributed by atoms with E-state index in [1.54, 1.807) is 11.2 Å². The highest BCUT2D eigenvalue weighted by atomic mass is 32.2. The lowest BCUT2D eigenvalue weighted by Gasteiger charge is -2.33. The molecule has 1 aliphatic rings. The highest BCUT2D eigenvalue weighted by Gasteiger charge is 2.27. The van der Waals surface area contributed by atoms with Crippen molar-refractivity contribution in [3.05, 3.63) is 21.4 Å². The van der Waals surface area contributed by atoms with E-state index >= 15 is 0 Å². The van der Waals surface area contributed by atoms with E-state index in [9.17, 15) is 8.42 Å². The van der Waals surface area contributed by atoms with Gasteiger partial charge in [0.25, 0.3) is 0 Å². The van der Waals surface area contributed by atoms with Gasteiger partial charge in [-0.15, -0.1) is 11.3 Å². The Balaban J connectivity index is 1.90. The van der Waals surface area contributed by atoms with E-state index in [0.29, 0.717) is 25.2 Å². The van der Waals surface area contributed by atoms with Crippen molar-refractivity contribution in [2.24, 2.45) is 0 Å². The van der Waals surface area contributed by atoms with Gasteiger partial charge in [0.15, 0.2) is 0 Å². The van der Waals surface area contributed by atoms with Gasteiger partial charge in [-0.05, 0) is 52.2 Å².